The Morgan fingerprint density at radius 3 is 2.44 bits per heavy atom. The minimum absolute atomic E-state index is 0.110. The maximum Gasteiger partial charge on any atom is 0.0262 e. The van der Waals surface area contributed by atoms with Crippen LogP contribution in [-0.4, -0.2) is 17.5 Å². The van der Waals surface area contributed by atoms with Gasteiger partial charge in [0.25, 0.3) is 0 Å². The molecule has 92 valence electrons. The predicted octanol–water partition coefficient (Wildman–Crippen LogP) is 4.40. The molecule has 0 aromatic rings. The fourth-order valence-electron chi connectivity index (χ4n) is 0.861. The molecule has 0 fully saturated rings. The number of rotatable bonds is 6. The van der Waals surface area contributed by atoms with Crippen LogP contribution in [0.2, 0.25) is 0 Å². The van der Waals surface area contributed by atoms with Gasteiger partial charge in [-0.05, 0) is 57.5 Å². The summed E-state index contributed by atoms with van der Waals surface area (Å²) in [6, 6.07) is 0. The second kappa shape index (κ2) is 8.04. The van der Waals surface area contributed by atoms with Crippen molar-refractivity contribution in [3.05, 3.63) is 35.3 Å². The van der Waals surface area contributed by atoms with Crippen LogP contribution in [0.3, 0.4) is 0 Å². The van der Waals surface area contributed by atoms with Gasteiger partial charge in [-0.2, -0.15) is 11.8 Å². The molecule has 1 N–H and O–H groups in total. The number of hydrogen-bond donors (Lipinski definition) is 1. The summed E-state index contributed by atoms with van der Waals surface area (Å²) in [5, 5.41) is 0. The first-order valence-corrected chi connectivity index (χ1v) is 7.56. The molecule has 0 aliphatic heterocycles. The molecule has 0 radical (unpaired) electrons. The predicted molar refractivity (Wildman–Crippen MR) is 80.9 cm³/mol. The first-order chi connectivity index (χ1) is 7.40. The van der Waals surface area contributed by atoms with Crippen LogP contribution in [0.25, 0.3) is 0 Å². The quantitative estimate of drug-likeness (QED) is 0.559. The number of allylic oxidation sites excluding steroid dienone is 4. The van der Waals surface area contributed by atoms with E-state index in [4.69, 9.17) is 0 Å². The molecule has 0 aliphatic rings. The normalized spacial score (nSPS) is 13.4. The fraction of sp³-hybridized carbons (Fsp3) is 0.538. The van der Waals surface area contributed by atoms with E-state index in [2.05, 4.69) is 50.5 Å². The van der Waals surface area contributed by atoms with Gasteiger partial charge in [0.2, 0.25) is 0 Å². The molecule has 1 nitrogen and oxygen atoms in total. The van der Waals surface area contributed by atoms with Crippen molar-refractivity contribution in [1.29, 1.82) is 0 Å². The highest BCUT2D eigenvalue weighted by Crippen LogP contribution is 2.25. The Bertz CT molecular complexity index is 272. The second-order valence-electron chi connectivity index (χ2n) is 4.55. The van der Waals surface area contributed by atoms with Gasteiger partial charge in [0.05, 0.1) is 0 Å². The monoisotopic (exact) mass is 257 g/mol. The fourth-order valence-corrected chi connectivity index (χ4v) is 2.24. The Hall–Kier alpha value is -0.120. The van der Waals surface area contributed by atoms with Crippen molar-refractivity contribution in [2.45, 2.75) is 33.2 Å². The molecule has 0 spiro atoms. The van der Waals surface area contributed by atoms with Crippen LogP contribution >= 0.6 is 23.7 Å². The average Bonchev–Trinajstić information content (AvgIpc) is 2.16. The van der Waals surface area contributed by atoms with Gasteiger partial charge in [-0.3, -0.25) is 4.72 Å². The molecule has 0 bridgehead atoms. The van der Waals surface area contributed by atoms with Crippen LogP contribution in [0.4, 0.5) is 0 Å². The van der Waals surface area contributed by atoms with Gasteiger partial charge in [0, 0.05) is 16.2 Å². The van der Waals surface area contributed by atoms with E-state index < -0.39 is 0 Å². The number of hydrogen-bond acceptors (Lipinski definition) is 3. The third kappa shape index (κ3) is 8.08. The lowest BCUT2D eigenvalue weighted by atomic mass is 10.1. The van der Waals surface area contributed by atoms with E-state index >= 15 is 0 Å². The highest BCUT2D eigenvalue weighted by atomic mass is 32.2. The van der Waals surface area contributed by atoms with Crippen LogP contribution in [0, 0.1) is 0 Å². The summed E-state index contributed by atoms with van der Waals surface area (Å²) < 4.78 is 3.41. The van der Waals surface area contributed by atoms with Gasteiger partial charge in [0.1, 0.15) is 0 Å². The lowest BCUT2D eigenvalue weighted by Gasteiger charge is -2.21. The Labute approximate surface area is 109 Å². The van der Waals surface area contributed by atoms with Gasteiger partial charge >= 0.3 is 0 Å². The topological polar surface area (TPSA) is 12.0 Å². The zero-order valence-corrected chi connectivity index (χ0v) is 12.6. The summed E-state index contributed by atoms with van der Waals surface area (Å²) in [6.07, 6.45) is 8.30. The Morgan fingerprint density at radius 1 is 1.38 bits per heavy atom. The van der Waals surface area contributed by atoms with Crippen LogP contribution in [-0.2, 0) is 0 Å². The SMILES string of the molecule is C=C(CSC)/C(=C\C=C/C)SNC(C)(C)C. The molecule has 0 aromatic carbocycles. The summed E-state index contributed by atoms with van der Waals surface area (Å²) in [5.41, 5.74) is 1.28. The van der Waals surface area contributed by atoms with Crippen LogP contribution in [0.5, 0.6) is 0 Å². The third-order valence-electron chi connectivity index (χ3n) is 1.57. The minimum atomic E-state index is 0.110. The van der Waals surface area contributed by atoms with Crippen molar-refractivity contribution in [3.63, 3.8) is 0 Å². The number of thioether (sulfide) groups is 1. The Kier molecular flexibility index (Phi) is 7.98. The first kappa shape index (κ1) is 15.9. The molecule has 0 aromatic heterocycles. The lowest BCUT2D eigenvalue weighted by molar-refractivity contribution is 0.536. The van der Waals surface area contributed by atoms with Gasteiger partial charge in [0.15, 0.2) is 0 Å². The third-order valence-corrected chi connectivity index (χ3v) is 3.57. The van der Waals surface area contributed by atoms with Crippen molar-refractivity contribution in [3.8, 4) is 0 Å². The van der Waals surface area contributed by atoms with Gasteiger partial charge in [-0.1, -0.05) is 18.7 Å². The summed E-state index contributed by atoms with van der Waals surface area (Å²) in [4.78, 5) is 1.21. The highest BCUT2D eigenvalue weighted by Gasteiger charge is 2.11. The van der Waals surface area contributed by atoms with E-state index in [9.17, 15) is 0 Å². The standard InChI is InChI=1S/C13H23NS2/c1-7-8-9-12(11(2)10-15-6)16-14-13(3,4)5/h7-9,14H,2,10H2,1,3-6H3/b8-7-,12-9+. The van der Waals surface area contributed by atoms with Crippen LogP contribution in [0.1, 0.15) is 27.7 Å². The van der Waals surface area contributed by atoms with Crippen LogP contribution in [0.15, 0.2) is 35.3 Å². The molecule has 3 heteroatoms. The minimum Gasteiger partial charge on any atom is -0.255 e. The van der Waals surface area contributed by atoms with Gasteiger partial charge < -0.3 is 0 Å². The molecular weight excluding hydrogens is 234 g/mol. The average molecular weight is 257 g/mol. The zero-order chi connectivity index (χ0) is 12.6. The molecule has 16 heavy (non-hydrogen) atoms. The maximum atomic E-state index is 4.11. The summed E-state index contributed by atoms with van der Waals surface area (Å²) in [6.45, 7) is 12.6. The Balaban J connectivity index is 4.50. The molecule has 0 saturated heterocycles. The van der Waals surface area contributed by atoms with Gasteiger partial charge in [-0.25, -0.2) is 0 Å². The van der Waals surface area contributed by atoms with E-state index in [0.717, 1.165) is 5.75 Å². The zero-order valence-electron chi connectivity index (χ0n) is 11.0. The molecular formula is C13H23NS2. The maximum absolute atomic E-state index is 4.11. The van der Waals surface area contributed by atoms with E-state index in [1.165, 1.54) is 10.5 Å². The Morgan fingerprint density at radius 2 is 2.00 bits per heavy atom. The molecule has 0 rings (SSSR count). The van der Waals surface area contributed by atoms with Crippen LogP contribution < -0.4 is 4.72 Å². The van der Waals surface area contributed by atoms with Crippen molar-refractivity contribution in [2.24, 2.45) is 0 Å². The van der Waals surface area contributed by atoms with E-state index in [-0.39, 0.29) is 5.54 Å². The molecule has 0 heterocycles. The van der Waals surface area contributed by atoms with E-state index in [1.54, 1.807) is 23.7 Å². The summed E-state index contributed by atoms with van der Waals surface area (Å²) >= 11 is 3.46. The first-order valence-electron chi connectivity index (χ1n) is 5.34. The van der Waals surface area contributed by atoms with Crippen molar-refractivity contribution in [2.75, 3.05) is 12.0 Å². The molecule has 0 atom stereocenters. The summed E-state index contributed by atoms with van der Waals surface area (Å²) in [5.74, 6) is 0.974. The van der Waals surface area contributed by atoms with Crippen molar-refractivity contribution in [1.82, 2.24) is 4.72 Å². The van der Waals surface area contributed by atoms with E-state index in [1.807, 2.05) is 13.0 Å². The lowest BCUT2D eigenvalue weighted by Crippen LogP contribution is -2.30. The molecule has 0 amide bonds. The second-order valence-corrected chi connectivity index (χ2v) is 6.26. The van der Waals surface area contributed by atoms with Crippen molar-refractivity contribution < 1.29 is 0 Å². The molecule has 0 unspecified atom stereocenters. The smallest absolute Gasteiger partial charge is 0.0262 e. The highest BCUT2D eigenvalue weighted by molar-refractivity contribution is 8.02. The number of nitrogens with one attached hydrogen (secondary N) is 1. The van der Waals surface area contributed by atoms with E-state index in [0.29, 0.717) is 0 Å². The summed E-state index contributed by atoms with van der Waals surface area (Å²) in [7, 11) is 0. The van der Waals surface area contributed by atoms with Gasteiger partial charge in [-0.15, -0.1) is 0 Å². The largest absolute Gasteiger partial charge is 0.255 e. The van der Waals surface area contributed by atoms with Crippen molar-refractivity contribution >= 4 is 23.7 Å². The molecule has 0 aliphatic carbocycles. The molecule has 0 saturated carbocycles.